The first kappa shape index (κ1) is 15.7. The van der Waals surface area contributed by atoms with Crippen molar-refractivity contribution in [3.05, 3.63) is 0 Å². The fraction of sp³-hybridized carbons (Fsp3) is 0.867. The average Bonchev–Trinajstić information content (AvgIpc) is 2.89. The highest BCUT2D eigenvalue weighted by Crippen LogP contribution is 2.36. The fourth-order valence-corrected chi connectivity index (χ4v) is 4.20. The van der Waals surface area contributed by atoms with Crippen LogP contribution in [0.5, 0.6) is 0 Å². The lowest BCUT2D eigenvalue weighted by molar-refractivity contribution is -0.157. The summed E-state index contributed by atoms with van der Waals surface area (Å²) in [4.78, 5) is 27.3. The monoisotopic (exact) mass is 298 g/mol. The van der Waals surface area contributed by atoms with Gasteiger partial charge in [-0.2, -0.15) is 11.8 Å². The van der Waals surface area contributed by atoms with Crippen molar-refractivity contribution in [1.29, 1.82) is 0 Å². The molecule has 5 heteroatoms. The Balaban J connectivity index is 2.23. The van der Waals surface area contributed by atoms with Crippen molar-refractivity contribution in [2.45, 2.75) is 70.5 Å². The highest BCUT2D eigenvalue weighted by molar-refractivity contribution is 7.99. The van der Waals surface area contributed by atoms with E-state index >= 15 is 0 Å². The number of thioether (sulfide) groups is 1. The van der Waals surface area contributed by atoms with E-state index in [4.69, 9.17) is 0 Å². The highest BCUT2D eigenvalue weighted by atomic mass is 32.2. The number of carbonyl (C=O) groups excluding carboxylic acids is 2. The number of piperazine rings is 1. The molecule has 2 amide bonds. The topological polar surface area (TPSA) is 49.4 Å². The second-order valence-electron chi connectivity index (χ2n) is 5.92. The summed E-state index contributed by atoms with van der Waals surface area (Å²) in [6.07, 6.45) is 4.37. The van der Waals surface area contributed by atoms with Gasteiger partial charge in [-0.3, -0.25) is 9.59 Å². The maximum Gasteiger partial charge on any atom is 0.249 e. The molecular formula is C15H26N2O2S. The largest absolute Gasteiger partial charge is 0.340 e. The van der Waals surface area contributed by atoms with Crippen LogP contribution in [0.2, 0.25) is 0 Å². The summed E-state index contributed by atoms with van der Waals surface area (Å²) in [6.45, 7) is 6.18. The molecule has 1 aliphatic carbocycles. The second kappa shape index (κ2) is 6.37. The average molecular weight is 298 g/mol. The standard InChI is InChI=1S/C15H26N2O2S/c1-4-12-13(18)16-15(8-6-7-9-15)14(19)17(12)11(3)10-20-5-2/h11-12H,4-10H2,1-3H3,(H,16,18). The smallest absolute Gasteiger partial charge is 0.249 e. The molecule has 4 nitrogen and oxygen atoms in total. The molecule has 2 aliphatic rings. The first-order valence-electron chi connectivity index (χ1n) is 7.78. The van der Waals surface area contributed by atoms with Crippen molar-refractivity contribution < 1.29 is 9.59 Å². The number of nitrogens with zero attached hydrogens (tertiary/aromatic N) is 1. The van der Waals surface area contributed by atoms with Gasteiger partial charge in [0.05, 0.1) is 0 Å². The molecule has 1 heterocycles. The summed E-state index contributed by atoms with van der Waals surface area (Å²) in [5.74, 6) is 2.15. The Morgan fingerprint density at radius 3 is 2.55 bits per heavy atom. The van der Waals surface area contributed by atoms with Gasteiger partial charge in [0.2, 0.25) is 11.8 Å². The minimum atomic E-state index is -0.589. The van der Waals surface area contributed by atoms with Crippen LogP contribution in [0.15, 0.2) is 0 Å². The molecule has 2 rings (SSSR count). The molecule has 0 radical (unpaired) electrons. The number of hydrogen-bond acceptors (Lipinski definition) is 3. The van der Waals surface area contributed by atoms with E-state index in [1.807, 2.05) is 23.6 Å². The molecule has 0 aromatic rings. The molecule has 0 aromatic carbocycles. The van der Waals surface area contributed by atoms with Crippen LogP contribution in [0.4, 0.5) is 0 Å². The van der Waals surface area contributed by atoms with Crippen LogP contribution < -0.4 is 5.32 Å². The first-order chi connectivity index (χ1) is 9.55. The lowest BCUT2D eigenvalue weighted by Crippen LogP contribution is -2.71. The Bertz CT molecular complexity index is 380. The van der Waals surface area contributed by atoms with Crippen LogP contribution in [0.1, 0.15) is 52.9 Å². The van der Waals surface area contributed by atoms with Crippen LogP contribution in [-0.2, 0) is 9.59 Å². The minimum Gasteiger partial charge on any atom is -0.340 e. The second-order valence-corrected chi connectivity index (χ2v) is 7.24. The number of carbonyl (C=O) groups is 2. The molecule has 1 saturated heterocycles. The predicted molar refractivity (Wildman–Crippen MR) is 82.7 cm³/mol. The molecule has 2 unspecified atom stereocenters. The van der Waals surface area contributed by atoms with Crippen molar-refractivity contribution >= 4 is 23.6 Å². The summed E-state index contributed by atoms with van der Waals surface area (Å²) in [5.41, 5.74) is -0.589. The lowest BCUT2D eigenvalue weighted by atomic mass is 9.89. The third kappa shape index (κ3) is 2.69. The van der Waals surface area contributed by atoms with Gasteiger partial charge in [-0.1, -0.05) is 26.7 Å². The zero-order valence-corrected chi connectivity index (χ0v) is 13.6. The van der Waals surface area contributed by atoms with E-state index in [0.717, 1.165) is 37.2 Å². The number of nitrogens with one attached hydrogen (secondary N) is 1. The molecule has 20 heavy (non-hydrogen) atoms. The quantitative estimate of drug-likeness (QED) is 0.846. The van der Waals surface area contributed by atoms with Gasteiger partial charge in [-0.15, -0.1) is 0 Å². The molecule has 1 N–H and O–H groups in total. The summed E-state index contributed by atoms with van der Waals surface area (Å²) in [6, 6.07) is -0.165. The van der Waals surface area contributed by atoms with E-state index in [1.165, 1.54) is 0 Å². The van der Waals surface area contributed by atoms with E-state index < -0.39 is 5.54 Å². The van der Waals surface area contributed by atoms with Gasteiger partial charge in [0.15, 0.2) is 0 Å². The van der Waals surface area contributed by atoms with Crippen LogP contribution in [0.3, 0.4) is 0 Å². The Morgan fingerprint density at radius 2 is 2.00 bits per heavy atom. The van der Waals surface area contributed by atoms with E-state index in [0.29, 0.717) is 6.42 Å². The maximum absolute atomic E-state index is 13.0. The van der Waals surface area contributed by atoms with Gasteiger partial charge in [-0.25, -0.2) is 0 Å². The normalized spacial score (nSPS) is 26.9. The van der Waals surface area contributed by atoms with Crippen molar-refractivity contribution in [1.82, 2.24) is 10.2 Å². The number of hydrogen-bond donors (Lipinski definition) is 1. The zero-order chi connectivity index (χ0) is 14.8. The lowest BCUT2D eigenvalue weighted by Gasteiger charge is -2.46. The van der Waals surface area contributed by atoms with Crippen molar-refractivity contribution in [3.8, 4) is 0 Å². The minimum absolute atomic E-state index is 0.0438. The molecule has 1 saturated carbocycles. The van der Waals surface area contributed by atoms with E-state index in [-0.39, 0.29) is 23.9 Å². The van der Waals surface area contributed by atoms with Crippen LogP contribution in [0, 0.1) is 0 Å². The fourth-order valence-electron chi connectivity index (χ4n) is 3.46. The molecule has 0 bridgehead atoms. The molecule has 1 aliphatic heterocycles. The van der Waals surface area contributed by atoms with Gasteiger partial charge in [-0.05, 0) is 31.9 Å². The third-order valence-electron chi connectivity index (χ3n) is 4.53. The molecule has 0 aromatic heterocycles. The highest BCUT2D eigenvalue weighted by Gasteiger charge is 2.52. The Labute approximate surface area is 126 Å². The van der Waals surface area contributed by atoms with Gasteiger partial charge in [0, 0.05) is 11.8 Å². The van der Waals surface area contributed by atoms with Gasteiger partial charge < -0.3 is 10.2 Å². The predicted octanol–water partition coefficient (Wildman–Crippen LogP) is 2.18. The molecule has 2 atom stereocenters. The SMILES string of the molecule is CCSCC(C)N1C(=O)C2(CCCC2)NC(=O)C1CC. The van der Waals surface area contributed by atoms with Crippen LogP contribution in [-0.4, -0.2) is 45.8 Å². The molecule has 2 fully saturated rings. The Kier molecular flexibility index (Phi) is 4.99. The van der Waals surface area contributed by atoms with Gasteiger partial charge >= 0.3 is 0 Å². The number of amides is 2. The van der Waals surface area contributed by atoms with E-state index in [2.05, 4.69) is 19.2 Å². The van der Waals surface area contributed by atoms with Crippen LogP contribution >= 0.6 is 11.8 Å². The number of rotatable bonds is 5. The summed E-state index contributed by atoms with van der Waals surface area (Å²) >= 11 is 1.83. The molecular weight excluding hydrogens is 272 g/mol. The third-order valence-corrected chi connectivity index (χ3v) is 5.65. The molecule has 114 valence electrons. The first-order valence-corrected chi connectivity index (χ1v) is 8.93. The summed E-state index contributed by atoms with van der Waals surface area (Å²) in [7, 11) is 0. The van der Waals surface area contributed by atoms with E-state index in [9.17, 15) is 9.59 Å². The summed E-state index contributed by atoms with van der Waals surface area (Å²) in [5, 5.41) is 3.05. The zero-order valence-electron chi connectivity index (χ0n) is 12.8. The van der Waals surface area contributed by atoms with Crippen molar-refractivity contribution in [3.63, 3.8) is 0 Å². The van der Waals surface area contributed by atoms with Crippen molar-refractivity contribution in [2.75, 3.05) is 11.5 Å². The van der Waals surface area contributed by atoms with Gasteiger partial charge in [0.1, 0.15) is 11.6 Å². The van der Waals surface area contributed by atoms with E-state index in [1.54, 1.807) is 0 Å². The Hall–Kier alpha value is -0.710. The van der Waals surface area contributed by atoms with Gasteiger partial charge in [0.25, 0.3) is 0 Å². The molecule has 1 spiro atoms. The van der Waals surface area contributed by atoms with Crippen molar-refractivity contribution in [2.24, 2.45) is 0 Å². The summed E-state index contributed by atoms with van der Waals surface area (Å²) < 4.78 is 0. The Morgan fingerprint density at radius 1 is 1.35 bits per heavy atom. The maximum atomic E-state index is 13.0. The van der Waals surface area contributed by atoms with Crippen LogP contribution in [0.25, 0.3) is 0 Å².